The maximum atomic E-state index is 5.09. The Morgan fingerprint density at radius 3 is 3.08 bits per heavy atom. The molecule has 3 nitrogen and oxygen atoms in total. The molecule has 0 aliphatic carbocycles. The van der Waals surface area contributed by atoms with E-state index in [2.05, 4.69) is 17.3 Å². The van der Waals surface area contributed by atoms with Crippen molar-refractivity contribution in [1.29, 1.82) is 0 Å². The summed E-state index contributed by atoms with van der Waals surface area (Å²) in [5.74, 6) is 0. The molecule has 0 aromatic rings. The first-order valence-corrected chi connectivity index (χ1v) is 4.74. The standard InChI is InChI=1S/C9H20N2O/c1-11-7-6-10-5-3-9(11)4-8-12-2/h9-10H,3-8H2,1-2H3. The van der Waals surface area contributed by atoms with Crippen LogP contribution in [-0.2, 0) is 4.74 Å². The van der Waals surface area contributed by atoms with Gasteiger partial charge in [0, 0.05) is 32.8 Å². The van der Waals surface area contributed by atoms with Crippen LogP contribution in [0.1, 0.15) is 12.8 Å². The van der Waals surface area contributed by atoms with Gasteiger partial charge in [-0.2, -0.15) is 0 Å². The summed E-state index contributed by atoms with van der Waals surface area (Å²) in [5.41, 5.74) is 0. The van der Waals surface area contributed by atoms with Gasteiger partial charge in [0.1, 0.15) is 0 Å². The van der Waals surface area contributed by atoms with Crippen molar-refractivity contribution in [2.24, 2.45) is 0 Å². The third kappa shape index (κ3) is 3.09. The van der Waals surface area contributed by atoms with E-state index in [0.717, 1.165) is 32.7 Å². The van der Waals surface area contributed by atoms with E-state index in [-0.39, 0.29) is 0 Å². The Balaban J connectivity index is 2.26. The van der Waals surface area contributed by atoms with Crippen LogP contribution in [0, 0.1) is 0 Å². The van der Waals surface area contributed by atoms with Gasteiger partial charge in [-0.05, 0) is 26.4 Å². The summed E-state index contributed by atoms with van der Waals surface area (Å²) < 4.78 is 5.09. The Labute approximate surface area is 75.1 Å². The summed E-state index contributed by atoms with van der Waals surface area (Å²) in [4.78, 5) is 2.43. The molecule has 1 N–H and O–H groups in total. The molecule has 0 amide bonds. The second-order valence-electron chi connectivity index (χ2n) is 3.45. The van der Waals surface area contributed by atoms with E-state index in [1.54, 1.807) is 7.11 Å². The van der Waals surface area contributed by atoms with Crippen molar-refractivity contribution in [3.05, 3.63) is 0 Å². The molecule has 72 valence electrons. The monoisotopic (exact) mass is 172 g/mol. The van der Waals surface area contributed by atoms with Gasteiger partial charge in [0.25, 0.3) is 0 Å². The van der Waals surface area contributed by atoms with E-state index in [9.17, 15) is 0 Å². The first-order chi connectivity index (χ1) is 5.84. The fraction of sp³-hybridized carbons (Fsp3) is 1.00. The van der Waals surface area contributed by atoms with Gasteiger partial charge in [-0.3, -0.25) is 0 Å². The molecule has 3 heteroatoms. The number of nitrogens with one attached hydrogen (secondary N) is 1. The number of methoxy groups -OCH3 is 1. The van der Waals surface area contributed by atoms with Crippen molar-refractivity contribution in [2.75, 3.05) is 40.4 Å². The minimum absolute atomic E-state index is 0.708. The topological polar surface area (TPSA) is 24.5 Å². The van der Waals surface area contributed by atoms with Crippen molar-refractivity contribution >= 4 is 0 Å². The van der Waals surface area contributed by atoms with E-state index in [0.29, 0.717) is 6.04 Å². The molecule has 0 saturated carbocycles. The highest BCUT2D eigenvalue weighted by atomic mass is 16.5. The lowest BCUT2D eigenvalue weighted by Crippen LogP contribution is -2.33. The van der Waals surface area contributed by atoms with E-state index >= 15 is 0 Å². The molecular weight excluding hydrogens is 152 g/mol. The average Bonchev–Trinajstić information content (AvgIpc) is 2.27. The van der Waals surface area contributed by atoms with Gasteiger partial charge in [-0.25, -0.2) is 0 Å². The minimum atomic E-state index is 0.708. The molecule has 1 aliphatic heterocycles. The molecule has 1 fully saturated rings. The van der Waals surface area contributed by atoms with Gasteiger partial charge >= 0.3 is 0 Å². The molecule has 1 heterocycles. The number of nitrogens with zero attached hydrogens (tertiary/aromatic N) is 1. The van der Waals surface area contributed by atoms with E-state index in [1.807, 2.05) is 0 Å². The summed E-state index contributed by atoms with van der Waals surface area (Å²) in [5, 5.41) is 3.40. The molecule has 12 heavy (non-hydrogen) atoms. The highest BCUT2D eigenvalue weighted by molar-refractivity contribution is 4.74. The zero-order valence-corrected chi connectivity index (χ0v) is 8.18. The average molecular weight is 172 g/mol. The van der Waals surface area contributed by atoms with E-state index < -0.39 is 0 Å². The smallest absolute Gasteiger partial charge is 0.0477 e. The van der Waals surface area contributed by atoms with Crippen molar-refractivity contribution in [1.82, 2.24) is 10.2 Å². The van der Waals surface area contributed by atoms with Gasteiger partial charge in [-0.15, -0.1) is 0 Å². The predicted octanol–water partition coefficient (Wildman–Crippen LogP) is 0.317. The zero-order valence-electron chi connectivity index (χ0n) is 8.18. The molecule has 0 aromatic carbocycles. The Bertz CT molecular complexity index is 119. The number of hydrogen-bond acceptors (Lipinski definition) is 3. The van der Waals surface area contributed by atoms with E-state index in [1.165, 1.54) is 6.42 Å². The maximum absolute atomic E-state index is 5.09. The summed E-state index contributed by atoms with van der Waals surface area (Å²) >= 11 is 0. The van der Waals surface area contributed by atoms with Crippen molar-refractivity contribution < 1.29 is 4.74 Å². The Hall–Kier alpha value is -0.120. The Kier molecular flexibility index (Phi) is 4.58. The molecule has 0 radical (unpaired) electrons. The van der Waals surface area contributed by atoms with Crippen LogP contribution in [0.25, 0.3) is 0 Å². The molecule has 1 atom stereocenters. The summed E-state index contributed by atoms with van der Waals surface area (Å²) in [6.45, 7) is 4.32. The number of ether oxygens (including phenoxy) is 1. The first-order valence-electron chi connectivity index (χ1n) is 4.74. The molecule has 0 aromatic heterocycles. The quantitative estimate of drug-likeness (QED) is 0.663. The van der Waals surface area contributed by atoms with Crippen molar-refractivity contribution in [3.8, 4) is 0 Å². The number of hydrogen-bond donors (Lipinski definition) is 1. The second-order valence-corrected chi connectivity index (χ2v) is 3.45. The van der Waals surface area contributed by atoms with Crippen molar-refractivity contribution in [2.45, 2.75) is 18.9 Å². The lowest BCUT2D eigenvalue weighted by molar-refractivity contribution is 0.149. The van der Waals surface area contributed by atoms with Crippen LogP contribution in [0.5, 0.6) is 0 Å². The van der Waals surface area contributed by atoms with Crippen LogP contribution in [0.15, 0.2) is 0 Å². The van der Waals surface area contributed by atoms with E-state index in [4.69, 9.17) is 4.74 Å². The van der Waals surface area contributed by atoms with Gasteiger partial charge in [0.05, 0.1) is 0 Å². The summed E-state index contributed by atoms with van der Waals surface area (Å²) in [7, 11) is 3.97. The third-order valence-electron chi connectivity index (χ3n) is 2.57. The SMILES string of the molecule is COCCC1CCNCCN1C. The van der Waals surface area contributed by atoms with Crippen LogP contribution in [0.3, 0.4) is 0 Å². The molecule has 1 rings (SSSR count). The van der Waals surface area contributed by atoms with Crippen molar-refractivity contribution in [3.63, 3.8) is 0 Å². The Morgan fingerprint density at radius 1 is 1.50 bits per heavy atom. The van der Waals surface area contributed by atoms with Gasteiger partial charge in [-0.1, -0.05) is 0 Å². The van der Waals surface area contributed by atoms with Crippen LogP contribution in [0.4, 0.5) is 0 Å². The second kappa shape index (κ2) is 5.51. The normalized spacial score (nSPS) is 27.0. The lowest BCUT2D eigenvalue weighted by atomic mass is 10.1. The largest absolute Gasteiger partial charge is 0.385 e. The maximum Gasteiger partial charge on any atom is 0.0477 e. The lowest BCUT2D eigenvalue weighted by Gasteiger charge is -2.24. The third-order valence-corrected chi connectivity index (χ3v) is 2.57. The summed E-state index contributed by atoms with van der Waals surface area (Å²) in [6.07, 6.45) is 2.41. The van der Waals surface area contributed by atoms with Crippen LogP contribution in [0.2, 0.25) is 0 Å². The summed E-state index contributed by atoms with van der Waals surface area (Å²) in [6, 6.07) is 0.708. The molecule has 1 unspecified atom stereocenters. The fourth-order valence-corrected chi connectivity index (χ4v) is 1.67. The molecule has 1 saturated heterocycles. The first kappa shape index (κ1) is 9.96. The highest BCUT2D eigenvalue weighted by Crippen LogP contribution is 2.08. The molecule has 0 bridgehead atoms. The van der Waals surface area contributed by atoms with Crippen LogP contribution < -0.4 is 5.32 Å². The van der Waals surface area contributed by atoms with Crippen LogP contribution >= 0.6 is 0 Å². The zero-order chi connectivity index (χ0) is 8.81. The molecular formula is C9H20N2O. The number of rotatable bonds is 3. The minimum Gasteiger partial charge on any atom is -0.385 e. The number of likely N-dealkylation sites (N-methyl/N-ethyl adjacent to an activating group) is 1. The van der Waals surface area contributed by atoms with Crippen LogP contribution in [-0.4, -0.2) is 51.3 Å². The molecule has 1 aliphatic rings. The highest BCUT2D eigenvalue weighted by Gasteiger charge is 2.16. The molecule has 0 spiro atoms. The van der Waals surface area contributed by atoms with Gasteiger partial charge in [0.2, 0.25) is 0 Å². The fourth-order valence-electron chi connectivity index (χ4n) is 1.67. The predicted molar refractivity (Wildman–Crippen MR) is 50.4 cm³/mol. The van der Waals surface area contributed by atoms with Gasteiger partial charge in [0.15, 0.2) is 0 Å². The Morgan fingerprint density at radius 2 is 2.33 bits per heavy atom. The van der Waals surface area contributed by atoms with Gasteiger partial charge < -0.3 is 15.0 Å².